The number of rotatable bonds is 30. The maximum atomic E-state index is 13.7. The van der Waals surface area contributed by atoms with E-state index in [2.05, 4.69) is 96.0 Å². The molecule has 50 heteroatoms. The zero-order valence-electron chi connectivity index (χ0n) is 86.3. The minimum atomic E-state index is -5.92. The van der Waals surface area contributed by atoms with E-state index in [0.29, 0.717) is 72.9 Å². The van der Waals surface area contributed by atoms with E-state index >= 15 is 0 Å². The van der Waals surface area contributed by atoms with Gasteiger partial charge in [0.15, 0.2) is 33.3 Å². The van der Waals surface area contributed by atoms with Crippen LogP contribution in [0.3, 0.4) is 0 Å². The molecule has 38 nitrogen and oxygen atoms in total. The van der Waals surface area contributed by atoms with Gasteiger partial charge in [-0.25, -0.2) is 19.9 Å². The normalized spacial score (nSPS) is 17.0. The summed E-state index contributed by atoms with van der Waals surface area (Å²) in [6.45, 7) is 48.1. The molecule has 0 fully saturated rings. The largest absolute Gasteiger partial charge is 0.534 e. The summed E-state index contributed by atoms with van der Waals surface area (Å²) < 4.78 is 178. The zero-order valence-corrected chi connectivity index (χ0v) is 91.9. The highest BCUT2D eigenvalue weighted by Crippen LogP contribution is 2.46. The Labute approximate surface area is 839 Å². The van der Waals surface area contributed by atoms with Crippen LogP contribution in [0.4, 0.5) is 49.1 Å². The van der Waals surface area contributed by atoms with E-state index in [1.54, 1.807) is 62.3 Å². The number of nitro benzene ring substituents is 4. The molecule has 6 heterocycles. The Balaban J connectivity index is 0.000000260. The minimum Gasteiger partial charge on any atom is -0.496 e. The Morgan fingerprint density at radius 2 is 0.660 bits per heavy atom. The summed E-state index contributed by atoms with van der Waals surface area (Å²) in [6.07, 6.45) is 16.3. The predicted octanol–water partition coefficient (Wildman–Crippen LogP) is 19.8. The van der Waals surface area contributed by atoms with Crippen LogP contribution in [0, 0.1) is 68.2 Å². The molecule has 4 atom stereocenters. The SMILES string of the molecule is COc1cc(C(=O)N2CC=C(OS(=O)(=O)C(F)(F)F)C[C@H]2CO[Si](C)(C)C(C)(C)C)c([N+](=O)[O-])cc1C.COc1cc(C(=O)N2CC=C(c3cncnc3)C[C@H]2CO[Si](C)(C)C(C)(C)C)c([N+](=O)[O-])cc1C.COc1cc(C(=O)N2CCC(OS(=O)(=O)C(F)(F)F)=C[C@H]2CO[Si](C)(C)C(C)(C)C)c([N+](=O)[O-])cc1C.COc1cc(C(=O)N2CCC(c3cncnc3)=C[C@H]2CO[Si](C)(C)C(C)(C)C)c([N+](=O)[O-])cc1C. The van der Waals surface area contributed by atoms with Gasteiger partial charge in [0, 0.05) is 123 Å². The fourth-order valence-corrected chi connectivity index (χ4v) is 19.4. The van der Waals surface area contributed by atoms with Gasteiger partial charge >= 0.3 is 31.3 Å². The molecular weight excluding hydrogens is 2000 g/mol. The topological polar surface area (TPSA) is 466 Å². The van der Waals surface area contributed by atoms with Crippen LogP contribution in [-0.4, -0.2) is 249 Å². The number of alkyl halides is 6. The summed E-state index contributed by atoms with van der Waals surface area (Å²) in [6, 6.07) is 7.83. The molecule has 4 aliphatic heterocycles. The Hall–Kier alpha value is -11.5. The number of carbonyl (C=O) groups is 4. The van der Waals surface area contributed by atoms with Crippen molar-refractivity contribution in [3.05, 3.63) is 218 Å². The number of halogens is 6. The van der Waals surface area contributed by atoms with E-state index in [1.807, 2.05) is 79.9 Å². The molecule has 0 saturated carbocycles. The molecule has 0 N–H and O–H groups in total. The Morgan fingerprint density at radius 3 is 0.958 bits per heavy atom. The first-order chi connectivity index (χ1) is 66.1. The monoisotopic (exact) mass is 2130 g/mol. The van der Waals surface area contributed by atoms with Crippen molar-refractivity contribution >= 4 is 111 Å². The lowest BCUT2D eigenvalue weighted by atomic mass is 9.95. The molecule has 792 valence electrons. The quantitative estimate of drug-likeness (QED) is 0.0101. The summed E-state index contributed by atoms with van der Waals surface area (Å²) in [5.41, 5.74) is -7.37. The molecule has 4 amide bonds. The van der Waals surface area contributed by atoms with Crippen molar-refractivity contribution in [1.82, 2.24) is 39.5 Å². The lowest BCUT2D eigenvalue weighted by Gasteiger charge is -2.40. The van der Waals surface area contributed by atoms with Crippen LogP contribution in [0.1, 0.15) is 184 Å². The van der Waals surface area contributed by atoms with Gasteiger partial charge < -0.3 is 64.6 Å². The molecule has 0 aliphatic carbocycles. The van der Waals surface area contributed by atoms with Crippen molar-refractivity contribution in [2.75, 3.05) is 81.0 Å². The van der Waals surface area contributed by atoms with Crippen LogP contribution in [0.25, 0.3) is 11.1 Å². The van der Waals surface area contributed by atoms with E-state index < -0.39 is 155 Å². The van der Waals surface area contributed by atoms with Crippen LogP contribution in [0.15, 0.2) is 122 Å². The molecule has 0 spiro atoms. The van der Waals surface area contributed by atoms with Crippen LogP contribution < -0.4 is 18.9 Å². The first kappa shape index (κ1) is 119. The zero-order chi connectivity index (χ0) is 109. The van der Waals surface area contributed by atoms with Crippen molar-refractivity contribution in [2.24, 2.45) is 0 Å². The van der Waals surface area contributed by atoms with Crippen LogP contribution in [0.5, 0.6) is 23.0 Å². The van der Waals surface area contributed by atoms with E-state index in [4.69, 9.17) is 36.7 Å². The Bertz CT molecular complexity index is 5950. The van der Waals surface area contributed by atoms with Gasteiger partial charge in [0.25, 0.3) is 46.4 Å². The highest BCUT2D eigenvalue weighted by Gasteiger charge is 2.53. The lowest BCUT2D eigenvalue weighted by Crippen LogP contribution is -2.50. The summed E-state index contributed by atoms with van der Waals surface area (Å²) in [5, 5.41) is 46.5. The van der Waals surface area contributed by atoms with E-state index in [0.717, 1.165) is 34.4 Å². The van der Waals surface area contributed by atoms with E-state index in [1.165, 1.54) is 99.4 Å². The van der Waals surface area contributed by atoms with Gasteiger partial charge in [0.2, 0.25) is 0 Å². The average molecular weight is 2130 g/mol. The molecule has 0 unspecified atom stereocenters. The third kappa shape index (κ3) is 29.5. The van der Waals surface area contributed by atoms with Gasteiger partial charge in [-0.1, -0.05) is 95.2 Å². The second-order valence-electron chi connectivity index (χ2n) is 40.9. The minimum absolute atomic E-state index is 0.000566. The number of nitro groups is 4. The molecule has 4 aliphatic rings. The third-order valence-corrected chi connectivity index (χ3v) is 47.0. The molecular formula is C94H130F6N12O26S2Si4. The Morgan fingerprint density at radius 1 is 0.389 bits per heavy atom. The fourth-order valence-electron chi connectivity index (χ4n) is 14.2. The second-order valence-corrected chi connectivity index (χ2v) is 63.2. The average Bonchev–Trinajstić information content (AvgIpc) is 0.785. The van der Waals surface area contributed by atoms with Gasteiger partial charge in [-0.3, -0.25) is 59.6 Å². The van der Waals surface area contributed by atoms with Gasteiger partial charge in [-0.2, -0.15) is 43.2 Å². The van der Waals surface area contributed by atoms with Crippen molar-refractivity contribution < 1.29 is 127 Å². The number of hydrogen-bond donors (Lipinski definition) is 0. The van der Waals surface area contributed by atoms with Crippen molar-refractivity contribution in [2.45, 2.75) is 244 Å². The molecule has 0 bridgehead atoms. The van der Waals surface area contributed by atoms with Crippen molar-refractivity contribution in [1.29, 1.82) is 0 Å². The summed E-state index contributed by atoms with van der Waals surface area (Å²) in [5.74, 6) is -2.08. The number of benzene rings is 4. The van der Waals surface area contributed by atoms with Gasteiger partial charge in [0.05, 0.1) is 98.7 Å². The van der Waals surface area contributed by atoms with Gasteiger partial charge in [-0.15, -0.1) is 0 Å². The second kappa shape index (κ2) is 46.9. The number of aromatic nitrogens is 4. The number of methoxy groups -OCH3 is 4. The highest BCUT2D eigenvalue weighted by atomic mass is 32.2. The van der Waals surface area contributed by atoms with Crippen LogP contribution in [-0.2, 0) is 46.3 Å². The van der Waals surface area contributed by atoms with E-state index in [9.17, 15) is 103 Å². The molecule has 10 rings (SSSR count). The number of aryl methyl sites for hydroxylation is 4. The third-order valence-electron chi connectivity index (χ3n) is 27.0. The molecule has 4 aromatic carbocycles. The van der Waals surface area contributed by atoms with Crippen LogP contribution in [0.2, 0.25) is 72.5 Å². The number of carbonyl (C=O) groups excluding carboxylic acids is 4. The predicted molar refractivity (Wildman–Crippen MR) is 536 cm³/mol. The molecule has 0 radical (unpaired) electrons. The molecule has 144 heavy (non-hydrogen) atoms. The molecule has 2 aromatic heterocycles. The Kier molecular flexibility index (Phi) is 38.9. The summed E-state index contributed by atoms with van der Waals surface area (Å²) in [4.78, 5) is 121. The van der Waals surface area contributed by atoms with Gasteiger partial charge in [0.1, 0.15) is 69.4 Å². The number of hydrogen-bond acceptors (Lipinski definition) is 30. The maximum Gasteiger partial charge on any atom is 0.534 e. The highest BCUT2D eigenvalue weighted by molar-refractivity contribution is 7.88. The first-order valence-corrected chi connectivity index (χ1v) is 60.0. The lowest BCUT2D eigenvalue weighted by molar-refractivity contribution is -0.385. The summed E-state index contributed by atoms with van der Waals surface area (Å²) >= 11 is 0. The maximum absolute atomic E-state index is 13.7. The smallest absolute Gasteiger partial charge is 0.496 e. The number of amides is 4. The fraction of sp³-hybridized carbons (Fsp3) is 0.532. The molecule has 6 aromatic rings. The summed E-state index contributed by atoms with van der Waals surface area (Å²) in [7, 11) is -15.2. The van der Waals surface area contributed by atoms with Gasteiger partial charge in [-0.05, 0) is 159 Å². The van der Waals surface area contributed by atoms with Crippen molar-refractivity contribution in [3.8, 4) is 23.0 Å². The molecule has 0 saturated heterocycles. The standard InChI is InChI=1S/2C25H34N4O5Si.2C22H31F3N2O8SSi/c2*1-17-10-22(29(31)32)21(12-23(17)33-5)24(30)28-9-8-18(19-13-26-16-27-14-19)11-20(28)15-34-35(6,7)25(2,3)4;2*1-14-10-18(27(29)30)17(12-19(14)33-5)20(28)26-9-8-16(35-36(31,32)22(23,24)25)11-15(26)13-34-37(6,7)21(2,3)4/h10-14,16,20H,8-9,15H2,1-7H3;8,10,12-14,16,20H,9,11,15H2,1-7H3;10-12,15H,8-9,13H2,1-7H3;8,10,12,15H,9,11,13H2,1-7H3/t2*20-;2*15-/m0000/s1. The number of ether oxygens (including phenoxy) is 4. The van der Waals surface area contributed by atoms with Crippen LogP contribution >= 0.6 is 0 Å². The number of nitrogens with zero attached hydrogens (tertiary/aromatic N) is 12. The first-order valence-electron chi connectivity index (χ1n) is 45.6. The van der Waals surface area contributed by atoms with Crippen molar-refractivity contribution in [3.63, 3.8) is 0 Å². The van der Waals surface area contributed by atoms with E-state index in [-0.39, 0.29) is 104 Å².